The predicted octanol–water partition coefficient (Wildman–Crippen LogP) is 4.00. The summed E-state index contributed by atoms with van der Waals surface area (Å²) in [6.45, 7) is 1.76. The highest BCUT2D eigenvalue weighted by molar-refractivity contribution is 7.22. The number of aromatic nitrogens is 1. The maximum absolute atomic E-state index is 12.6. The van der Waals surface area contributed by atoms with E-state index < -0.39 is 11.5 Å². The molecule has 0 fully saturated rings. The average molecular weight is 393 g/mol. The van der Waals surface area contributed by atoms with E-state index in [0.29, 0.717) is 33.7 Å². The first-order chi connectivity index (χ1) is 13.5. The Kier molecular flexibility index (Phi) is 4.62. The standard InChI is InChI=1S/C20H15N3O4S/c1-2-17(24)23-20-22-14-8-7-12(10-16(14)28-20)21-18(25)13-9-11-5-3-4-6-15(11)27-19(13)26/h3-10H,2H2,1H3,(H,21,25)(H,22,23,24). The van der Waals surface area contributed by atoms with Crippen LogP contribution in [0.5, 0.6) is 0 Å². The number of hydrogen-bond acceptors (Lipinski definition) is 6. The molecule has 0 aliphatic carbocycles. The molecule has 4 rings (SSSR count). The van der Waals surface area contributed by atoms with Crippen molar-refractivity contribution in [3.05, 3.63) is 64.5 Å². The van der Waals surface area contributed by atoms with E-state index in [1.165, 1.54) is 17.4 Å². The van der Waals surface area contributed by atoms with Crippen molar-refractivity contribution < 1.29 is 14.0 Å². The molecular weight excluding hydrogens is 378 g/mol. The molecule has 28 heavy (non-hydrogen) atoms. The molecule has 0 spiro atoms. The predicted molar refractivity (Wildman–Crippen MR) is 109 cm³/mol. The number of carbonyl (C=O) groups is 2. The van der Waals surface area contributed by atoms with E-state index in [2.05, 4.69) is 15.6 Å². The third-order valence-corrected chi connectivity index (χ3v) is 5.03. The van der Waals surface area contributed by atoms with Gasteiger partial charge < -0.3 is 15.1 Å². The monoisotopic (exact) mass is 393 g/mol. The summed E-state index contributed by atoms with van der Waals surface area (Å²) < 4.78 is 6.01. The minimum atomic E-state index is -0.695. The Bertz CT molecular complexity index is 1280. The van der Waals surface area contributed by atoms with Gasteiger partial charge in [-0.15, -0.1) is 0 Å². The van der Waals surface area contributed by atoms with E-state index in [9.17, 15) is 14.4 Å². The molecule has 0 unspecified atom stereocenters. The molecule has 2 aromatic heterocycles. The minimum Gasteiger partial charge on any atom is -0.422 e. The molecule has 0 saturated carbocycles. The third-order valence-electron chi connectivity index (χ3n) is 4.10. The summed E-state index contributed by atoms with van der Waals surface area (Å²) in [6.07, 6.45) is 0.367. The van der Waals surface area contributed by atoms with Gasteiger partial charge in [-0.05, 0) is 30.3 Å². The molecule has 0 bridgehead atoms. The Morgan fingerprint density at radius 2 is 1.93 bits per heavy atom. The molecule has 8 heteroatoms. The van der Waals surface area contributed by atoms with Gasteiger partial charge in [0, 0.05) is 17.5 Å². The number of rotatable bonds is 4. The van der Waals surface area contributed by atoms with Crippen molar-refractivity contribution in [2.24, 2.45) is 0 Å². The molecule has 0 saturated heterocycles. The van der Waals surface area contributed by atoms with E-state index >= 15 is 0 Å². The number of amides is 2. The fourth-order valence-electron chi connectivity index (χ4n) is 2.68. The summed E-state index contributed by atoms with van der Waals surface area (Å²) in [5.41, 5.74) is 0.886. The molecule has 0 atom stereocenters. The maximum atomic E-state index is 12.6. The smallest absolute Gasteiger partial charge is 0.349 e. The second-order valence-electron chi connectivity index (χ2n) is 6.04. The van der Waals surface area contributed by atoms with Crippen molar-refractivity contribution in [1.82, 2.24) is 4.98 Å². The number of hydrogen-bond donors (Lipinski definition) is 2. The van der Waals surface area contributed by atoms with E-state index in [4.69, 9.17) is 4.42 Å². The number of anilines is 2. The van der Waals surface area contributed by atoms with Crippen LogP contribution in [0.1, 0.15) is 23.7 Å². The molecule has 0 aliphatic rings. The van der Waals surface area contributed by atoms with Gasteiger partial charge in [-0.25, -0.2) is 9.78 Å². The van der Waals surface area contributed by atoms with Crippen LogP contribution in [0.2, 0.25) is 0 Å². The highest BCUT2D eigenvalue weighted by atomic mass is 32.1. The summed E-state index contributed by atoms with van der Waals surface area (Å²) in [6, 6.07) is 13.7. The zero-order valence-corrected chi connectivity index (χ0v) is 15.6. The van der Waals surface area contributed by atoms with Crippen LogP contribution in [0.4, 0.5) is 10.8 Å². The van der Waals surface area contributed by atoms with Crippen LogP contribution in [0.3, 0.4) is 0 Å². The number of fused-ring (bicyclic) bond motifs is 2. The van der Waals surface area contributed by atoms with E-state index in [1.807, 2.05) is 0 Å². The van der Waals surface area contributed by atoms with E-state index in [1.54, 1.807) is 49.4 Å². The van der Waals surface area contributed by atoms with Crippen LogP contribution in [0.25, 0.3) is 21.2 Å². The Labute approximate surface area is 163 Å². The van der Waals surface area contributed by atoms with Crippen LogP contribution in [-0.2, 0) is 4.79 Å². The van der Waals surface area contributed by atoms with Gasteiger partial charge in [0.2, 0.25) is 5.91 Å². The lowest BCUT2D eigenvalue weighted by Gasteiger charge is -2.05. The SMILES string of the molecule is CCC(=O)Nc1nc2ccc(NC(=O)c3cc4ccccc4oc3=O)cc2s1. The van der Waals surface area contributed by atoms with Gasteiger partial charge in [-0.1, -0.05) is 36.5 Å². The molecule has 2 amide bonds. The molecule has 0 aliphatic heterocycles. The van der Waals surface area contributed by atoms with E-state index in [0.717, 1.165) is 4.70 Å². The maximum Gasteiger partial charge on any atom is 0.349 e. The topological polar surface area (TPSA) is 101 Å². The second-order valence-corrected chi connectivity index (χ2v) is 7.07. The second kappa shape index (κ2) is 7.24. The van der Waals surface area contributed by atoms with Gasteiger partial charge in [0.15, 0.2) is 5.13 Å². The van der Waals surface area contributed by atoms with Crippen molar-refractivity contribution in [3.8, 4) is 0 Å². The Morgan fingerprint density at radius 3 is 2.75 bits per heavy atom. The number of carbonyl (C=O) groups excluding carboxylic acids is 2. The number of nitrogens with one attached hydrogen (secondary N) is 2. The highest BCUT2D eigenvalue weighted by Gasteiger charge is 2.15. The zero-order chi connectivity index (χ0) is 19.7. The number of para-hydroxylation sites is 1. The normalized spacial score (nSPS) is 10.9. The molecule has 0 radical (unpaired) electrons. The lowest BCUT2D eigenvalue weighted by Crippen LogP contribution is -2.20. The largest absolute Gasteiger partial charge is 0.422 e. The van der Waals surface area contributed by atoms with Crippen molar-refractivity contribution in [2.75, 3.05) is 10.6 Å². The highest BCUT2D eigenvalue weighted by Crippen LogP contribution is 2.28. The van der Waals surface area contributed by atoms with Gasteiger partial charge in [-0.3, -0.25) is 9.59 Å². The Balaban J connectivity index is 1.60. The lowest BCUT2D eigenvalue weighted by molar-refractivity contribution is -0.115. The van der Waals surface area contributed by atoms with Crippen LogP contribution in [0, 0.1) is 0 Å². The molecule has 2 heterocycles. The van der Waals surface area contributed by atoms with Gasteiger partial charge >= 0.3 is 5.63 Å². The van der Waals surface area contributed by atoms with Gasteiger partial charge in [0.25, 0.3) is 5.91 Å². The van der Waals surface area contributed by atoms with Crippen LogP contribution in [0.15, 0.2) is 57.7 Å². The first-order valence-corrected chi connectivity index (χ1v) is 9.40. The Morgan fingerprint density at radius 1 is 1.11 bits per heavy atom. The Hall–Kier alpha value is -3.52. The zero-order valence-electron chi connectivity index (χ0n) is 14.8. The number of benzene rings is 2. The summed E-state index contributed by atoms with van der Waals surface area (Å²) in [5.74, 6) is -0.668. The quantitative estimate of drug-likeness (QED) is 0.510. The van der Waals surface area contributed by atoms with Crippen LogP contribution >= 0.6 is 11.3 Å². The van der Waals surface area contributed by atoms with Gasteiger partial charge in [0.1, 0.15) is 11.1 Å². The molecule has 4 aromatic rings. The van der Waals surface area contributed by atoms with Crippen LogP contribution in [-0.4, -0.2) is 16.8 Å². The third kappa shape index (κ3) is 3.49. The first-order valence-electron chi connectivity index (χ1n) is 8.58. The average Bonchev–Trinajstić information content (AvgIpc) is 3.08. The molecule has 140 valence electrons. The minimum absolute atomic E-state index is 0.0704. The van der Waals surface area contributed by atoms with Gasteiger partial charge in [-0.2, -0.15) is 0 Å². The lowest BCUT2D eigenvalue weighted by atomic mass is 10.1. The molecule has 2 N–H and O–H groups in total. The fraction of sp³-hybridized carbons (Fsp3) is 0.100. The molecule has 7 nitrogen and oxygen atoms in total. The van der Waals surface area contributed by atoms with Crippen molar-refractivity contribution in [3.63, 3.8) is 0 Å². The molecule has 2 aromatic carbocycles. The number of nitrogens with zero attached hydrogens (tertiary/aromatic N) is 1. The van der Waals surface area contributed by atoms with Gasteiger partial charge in [0.05, 0.1) is 10.2 Å². The molecular formula is C20H15N3O4S. The van der Waals surface area contributed by atoms with Crippen molar-refractivity contribution in [2.45, 2.75) is 13.3 Å². The summed E-state index contributed by atoms with van der Waals surface area (Å²) in [7, 11) is 0. The van der Waals surface area contributed by atoms with Crippen LogP contribution < -0.4 is 16.3 Å². The summed E-state index contributed by atoms with van der Waals surface area (Å²) in [4.78, 5) is 40.5. The summed E-state index contributed by atoms with van der Waals surface area (Å²) in [5, 5.41) is 6.60. The van der Waals surface area contributed by atoms with Crippen molar-refractivity contribution in [1.29, 1.82) is 0 Å². The first kappa shape index (κ1) is 17.9. The summed E-state index contributed by atoms with van der Waals surface area (Å²) >= 11 is 1.31. The van der Waals surface area contributed by atoms with Crippen molar-refractivity contribution >= 4 is 55.2 Å². The fourth-order valence-corrected chi connectivity index (χ4v) is 3.60. The van der Waals surface area contributed by atoms with E-state index in [-0.39, 0.29) is 11.5 Å². The number of thiazole rings is 1.